The second-order valence-electron chi connectivity index (χ2n) is 7.94. The molecule has 0 amide bonds. The fourth-order valence-electron chi connectivity index (χ4n) is 4.93. The minimum Gasteiger partial charge on any atom is -0.391 e. The zero-order chi connectivity index (χ0) is 17.7. The Morgan fingerprint density at radius 1 is 1.15 bits per heavy atom. The summed E-state index contributed by atoms with van der Waals surface area (Å²) in [5.41, 5.74) is 4.42. The van der Waals surface area contributed by atoms with Gasteiger partial charge in [-0.2, -0.15) is 0 Å². The molecule has 4 atom stereocenters. The molecule has 1 aromatic carbocycles. The summed E-state index contributed by atoms with van der Waals surface area (Å²) >= 11 is 0. The van der Waals surface area contributed by atoms with Crippen LogP contribution in [0, 0.1) is 18.8 Å². The topological polar surface area (TPSA) is 70.0 Å². The number of likely N-dealkylation sites (tertiary alicyclic amines) is 1. The van der Waals surface area contributed by atoms with Gasteiger partial charge in [-0.05, 0) is 43.7 Å². The highest BCUT2D eigenvalue weighted by Crippen LogP contribution is 2.42. The second-order valence-corrected chi connectivity index (χ2v) is 7.94. The van der Waals surface area contributed by atoms with Gasteiger partial charge in [-0.15, -0.1) is 0 Å². The zero-order valence-electron chi connectivity index (χ0n) is 15.0. The molecule has 1 saturated heterocycles. The smallest absolute Gasteiger partial charge is 0.0961 e. The standard InChI is InChI=1S/C20H25N5O/c1-13-17(22-11-21-13)10-24-8-14-6-19(20(26)7-15(14)9-24)25-12-23-16-4-2-3-5-18(16)25/h2-5,11-12,14-15,19-20,26H,6-10H2,1H3,(H,21,22)/t14-,15+,19-,20-/m1/s1. The number of nitrogens with one attached hydrogen (secondary N) is 1. The second kappa shape index (κ2) is 6.21. The van der Waals surface area contributed by atoms with Crippen LogP contribution in [-0.4, -0.2) is 48.7 Å². The van der Waals surface area contributed by atoms with Crippen LogP contribution in [0.3, 0.4) is 0 Å². The van der Waals surface area contributed by atoms with Gasteiger partial charge in [-0.3, -0.25) is 4.90 Å². The van der Waals surface area contributed by atoms with Gasteiger partial charge in [0.25, 0.3) is 0 Å². The number of imidazole rings is 2. The molecule has 5 rings (SSSR count). The van der Waals surface area contributed by atoms with E-state index in [2.05, 4.69) is 37.4 Å². The first-order valence-electron chi connectivity index (χ1n) is 9.50. The van der Waals surface area contributed by atoms with Gasteiger partial charge in [-0.25, -0.2) is 9.97 Å². The number of para-hydroxylation sites is 2. The summed E-state index contributed by atoms with van der Waals surface area (Å²) in [6, 6.07) is 8.31. The predicted octanol–water partition coefficient (Wildman–Crippen LogP) is 2.51. The first-order valence-corrected chi connectivity index (χ1v) is 9.50. The molecule has 2 aliphatic rings. The summed E-state index contributed by atoms with van der Waals surface area (Å²) in [4.78, 5) is 14.6. The fraction of sp³-hybridized carbons (Fsp3) is 0.500. The van der Waals surface area contributed by atoms with E-state index in [1.165, 1.54) is 0 Å². The predicted molar refractivity (Wildman–Crippen MR) is 99.6 cm³/mol. The third-order valence-electron chi connectivity index (χ3n) is 6.33. The molecule has 0 spiro atoms. The molecule has 136 valence electrons. The van der Waals surface area contributed by atoms with Crippen LogP contribution in [-0.2, 0) is 6.54 Å². The van der Waals surface area contributed by atoms with Crippen LogP contribution < -0.4 is 0 Å². The van der Waals surface area contributed by atoms with E-state index in [9.17, 15) is 5.11 Å². The van der Waals surface area contributed by atoms with Crippen LogP contribution in [0.15, 0.2) is 36.9 Å². The molecule has 2 fully saturated rings. The van der Waals surface area contributed by atoms with Crippen molar-refractivity contribution in [3.05, 3.63) is 48.3 Å². The number of fused-ring (bicyclic) bond motifs is 2. The summed E-state index contributed by atoms with van der Waals surface area (Å²) in [7, 11) is 0. The van der Waals surface area contributed by atoms with Crippen molar-refractivity contribution in [3.63, 3.8) is 0 Å². The number of aryl methyl sites for hydroxylation is 1. The molecule has 6 heteroatoms. The van der Waals surface area contributed by atoms with Gasteiger partial charge in [0.1, 0.15) is 0 Å². The highest BCUT2D eigenvalue weighted by Gasteiger charge is 2.42. The summed E-state index contributed by atoms with van der Waals surface area (Å²) in [5, 5.41) is 10.8. The van der Waals surface area contributed by atoms with Crippen molar-refractivity contribution in [1.82, 2.24) is 24.4 Å². The first kappa shape index (κ1) is 16.0. The Morgan fingerprint density at radius 2 is 1.96 bits per heavy atom. The SMILES string of the molecule is Cc1[nH]cnc1CN1C[C@H]2C[C@@H](n3cnc4ccccc43)[C@H](O)C[C@H]2C1. The van der Waals surface area contributed by atoms with Crippen LogP contribution >= 0.6 is 0 Å². The number of hydrogen-bond acceptors (Lipinski definition) is 4. The molecule has 0 unspecified atom stereocenters. The zero-order valence-corrected chi connectivity index (χ0v) is 15.0. The van der Waals surface area contributed by atoms with Gasteiger partial charge in [0.15, 0.2) is 0 Å². The molecule has 2 aromatic heterocycles. The van der Waals surface area contributed by atoms with Crippen molar-refractivity contribution in [3.8, 4) is 0 Å². The lowest BCUT2D eigenvalue weighted by Gasteiger charge is -2.36. The van der Waals surface area contributed by atoms with Crippen LogP contribution in [0.25, 0.3) is 11.0 Å². The van der Waals surface area contributed by atoms with Gasteiger partial charge in [-0.1, -0.05) is 12.1 Å². The number of rotatable bonds is 3. The van der Waals surface area contributed by atoms with E-state index < -0.39 is 0 Å². The van der Waals surface area contributed by atoms with E-state index >= 15 is 0 Å². The van der Waals surface area contributed by atoms with Gasteiger partial charge in [0.05, 0.1) is 41.5 Å². The number of nitrogens with zero attached hydrogens (tertiary/aromatic N) is 4. The van der Waals surface area contributed by atoms with Gasteiger partial charge in [0.2, 0.25) is 0 Å². The molecular weight excluding hydrogens is 326 g/mol. The Labute approximate surface area is 152 Å². The van der Waals surface area contributed by atoms with Crippen molar-refractivity contribution in [1.29, 1.82) is 0 Å². The van der Waals surface area contributed by atoms with Crippen molar-refractivity contribution in [2.75, 3.05) is 13.1 Å². The molecule has 3 heterocycles. The van der Waals surface area contributed by atoms with Crippen molar-refractivity contribution in [2.24, 2.45) is 11.8 Å². The molecule has 3 aromatic rings. The van der Waals surface area contributed by atoms with E-state index in [0.717, 1.165) is 54.9 Å². The Balaban J connectivity index is 1.34. The largest absolute Gasteiger partial charge is 0.391 e. The van der Waals surface area contributed by atoms with E-state index in [-0.39, 0.29) is 12.1 Å². The molecule has 6 nitrogen and oxygen atoms in total. The molecule has 2 N–H and O–H groups in total. The number of aliphatic hydroxyl groups is 1. The average molecular weight is 351 g/mol. The third-order valence-corrected chi connectivity index (χ3v) is 6.33. The van der Waals surface area contributed by atoms with Crippen LogP contribution in [0.1, 0.15) is 30.3 Å². The molecular formula is C20H25N5O. The molecule has 0 bridgehead atoms. The maximum absolute atomic E-state index is 10.8. The Kier molecular flexibility index (Phi) is 3.83. The monoisotopic (exact) mass is 351 g/mol. The molecule has 0 radical (unpaired) electrons. The highest BCUT2D eigenvalue weighted by atomic mass is 16.3. The Morgan fingerprint density at radius 3 is 2.77 bits per heavy atom. The van der Waals surface area contributed by atoms with Crippen LogP contribution in [0.5, 0.6) is 0 Å². The van der Waals surface area contributed by atoms with Crippen molar-refractivity contribution in [2.45, 2.75) is 38.5 Å². The number of benzene rings is 1. The quantitative estimate of drug-likeness (QED) is 0.761. The van der Waals surface area contributed by atoms with Crippen molar-refractivity contribution < 1.29 is 5.11 Å². The molecule has 1 saturated carbocycles. The number of hydrogen-bond donors (Lipinski definition) is 2. The Hall–Kier alpha value is -2.18. The average Bonchev–Trinajstić information content (AvgIpc) is 3.33. The van der Waals surface area contributed by atoms with Crippen LogP contribution in [0.4, 0.5) is 0 Å². The van der Waals surface area contributed by atoms with E-state index in [4.69, 9.17) is 0 Å². The lowest BCUT2D eigenvalue weighted by atomic mass is 9.77. The van der Waals surface area contributed by atoms with E-state index in [1.54, 1.807) is 6.33 Å². The maximum Gasteiger partial charge on any atom is 0.0961 e. The number of aliphatic hydroxyl groups excluding tert-OH is 1. The first-order chi connectivity index (χ1) is 12.7. The molecule has 26 heavy (non-hydrogen) atoms. The Bertz CT molecular complexity index is 916. The highest BCUT2D eigenvalue weighted by molar-refractivity contribution is 5.75. The summed E-state index contributed by atoms with van der Waals surface area (Å²) in [6.45, 7) is 5.13. The van der Waals surface area contributed by atoms with Gasteiger partial charge >= 0.3 is 0 Å². The summed E-state index contributed by atoms with van der Waals surface area (Å²) in [6.07, 6.45) is 5.26. The van der Waals surface area contributed by atoms with E-state index in [0.29, 0.717) is 11.8 Å². The summed E-state index contributed by atoms with van der Waals surface area (Å²) < 4.78 is 2.19. The lowest BCUT2D eigenvalue weighted by molar-refractivity contribution is 0.0374. The number of aromatic nitrogens is 4. The lowest BCUT2D eigenvalue weighted by Crippen LogP contribution is -2.36. The number of aromatic amines is 1. The minimum absolute atomic E-state index is 0.121. The van der Waals surface area contributed by atoms with Gasteiger partial charge < -0.3 is 14.7 Å². The maximum atomic E-state index is 10.8. The fourth-order valence-corrected chi connectivity index (χ4v) is 4.93. The molecule has 1 aliphatic heterocycles. The normalized spacial score (nSPS) is 29.3. The number of H-pyrrole nitrogens is 1. The molecule has 1 aliphatic carbocycles. The third kappa shape index (κ3) is 2.64. The summed E-state index contributed by atoms with van der Waals surface area (Å²) in [5.74, 6) is 1.21. The van der Waals surface area contributed by atoms with Gasteiger partial charge in [0, 0.05) is 25.3 Å². The van der Waals surface area contributed by atoms with Crippen LogP contribution in [0.2, 0.25) is 0 Å². The van der Waals surface area contributed by atoms with E-state index in [1.807, 2.05) is 24.5 Å². The minimum atomic E-state index is -0.305. The van der Waals surface area contributed by atoms with Crippen molar-refractivity contribution >= 4 is 11.0 Å².